The zero-order chi connectivity index (χ0) is 16.7. The summed E-state index contributed by atoms with van der Waals surface area (Å²) in [4.78, 5) is 0. The molecule has 1 aromatic rings. The van der Waals surface area contributed by atoms with E-state index in [0.717, 1.165) is 0 Å². The van der Waals surface area contributed by atoms with E-state index in [-0.39, 0.29) is 0 Å². The molecule has 0 aromatic carbocycles. The standard InChI is InChI=1S/C16H28N.CH4O3S/c1-2-3-4-5-6-7-8-9-11-14-17-15-12-10-13-16-17;1-5(2,3)4/h10,12-13,15-16H,2-9,11,14H2,1H3;1H3,(H,2,3,4)/q+1;/p-1. The number of aromatic nitrogens is 1. The second-order valence-electron chi connectivity index (χ2n) is 5.65. The Morgan fingerprint density at radius 3 is 1.68 bits per heavy atom. The summed E-state index contributed by atoms with van der Waals surface area (Å²) in [6.07, 6.45) is 17.6. The molecule has 0 saturated carbocycles. The number of aryl methyl sites for hydroxylation is 1. The second kappa shape index (κ2) is 13.7. The van der Waals surface area contributed by atoms with E-state index in [0.29, 0.717) is 6.26 Å². The van der Waals surface area contributed by atoms with Crippen molar-refractivity contribution in [2.24, 2.45) is 0 Å². The molecule has 0 radical (unpaired) electrons. The summed E-state index contributed by atoms with van der Waals surface area (Å²) in [5, 5.41) is 0. The van der Waals surface area contributed by atoms with Crippen LogP contribution < -0.4 is 4.57 Å². The molecular weight excluding hydrogens is 298 g/mol. The van der Waals surface area contributed by atoms with Crippen LogP contribution in [0.15, 0.2) is 30.6 Å². The largest absolute Gasteiger partial charge is 0.748 e. The Morgan fingerprint density at radius 1 is 0.818 bits per heavy atom. The van der Waals surface area contributed by atoms with E-state index in [1.165, 1.54) is 64.3 Å². The lowest BCUT2D eigenvalue weighted by Gasteiger charge is -2.00. The lowest BCUT2D eigenvalue weighted by Crippen LogP contribution is -2.32. The van der Waals surface area contributed by atoms with Crippen LogP contribution in [0.3, 0.4) is 0 Å². The topological polar surface area (TPSA) is 61.1 Å². The summed E-state index contributed by atoms with van der Waals surface area (Å²) in [5.74, 6) is 0. The molecule has 1 heterocycles. The molecule has 0 bridgehead atoms. The molecule has 0 saturated heterocycles. The van der Waals surface area contributed by atoms with E-state index in [1.54, 1.807) is 0 Å². The van der Waals surface area contributed by atoms with Gasteiger partial charge in [-0.3, -0.25) is 0 Å². The van der Waals surface area contributed by atoms with Crippen molar-refractivity contribution >= 4 is 10.1 Å². The second-order valence-corrected chi connectivity index (χ2v) is 7.05. The van der Waals surface area contributed by atoms with Gasteiger partial charge in [0.1, 0.15) is 6.54 Å². The molecule has 0 unspecified atom stereocenters. The lowest BCUT2D eigenvalue weighted by atomic mass is 10.1. The average molecular weight is 330 g/mol. The maximum atomic E-state index is 9.08. The Kier molecular flexibility index (Phi) is 13.1. The first-order chi connectivity index (χ1) is 10.4. The normalized spacial score (nSPS) is 10.9. The molecule has 0 atom stereocenters. The van der Waals surface area contributed by atoms with Gasteiger partial charge in [-0.2, -0.15) is 0 Å². The minimum Gasteiger partial charge on any atom is -0.748 e. The van der Waals surface area contributed by atoms with Gasteiger partial charge < -0.3 is 4.55 Å². The van der Waals surface area contributed by atoms with E-state index in [9.17, 15) is 0 Å². The molecule has 0 amide bonds. The Balaban J connectivity index is 0.000000763. The highest BCUT2D eigenvalue weighted by molar-refractivity contribution is 7.84. The minimum absolute atomic E-state index is 0.604. The zero-order valence-electron chi connectivity index (χ0n) is 14.0. The summed E-state index contributed by atoms with van der Waals surface area (Å²) in [5.41, 5.74) is 0. The van der Waals surface area contributed by atoms with Crippen LogP contribution in [0.5, 0.6) is 0 Å². The van der Waals surface area contributed by atoms with Crippen LogP contribution in [-0.4, -0.2) is 19.2 Å². The number of pyridine rings is 1. The molecule has 0 aliphatic rings. The van der Waals surface area contributed by atoms with Crippen LogP contribution in [0, 0.1) is 0 Å². The van der Waals surface area contributed by atoms with Crippen molar-refractivity contribution in [3.8, 4) is 0 Å². The third kappa shape index (κ3) is 19.1. The van der Waals surface area contributed by atoms with Gasteiger partial charge in [0.15, 0.2) is 12.4 Å². The Hall–Kier alpha value is -0.940. The molecule has 5 heteroatoms. The summed E-state index contributed by atoms with van der Waals surface area (Å²) in [6.45, 7) is 3.46. The van der Waals surface area contributed by atoms with Gasteiger partial charge in [-0.05, 0) is 6.42 Å². The van der Waals surface area contributed by atoms with Crippen LogP contribution >= 0.6 is 0 Å². The third-order valence-electron chi connectivity index (χ3n) is 3.30. The average Bonchev–Trinajstić information content (AvgIpc) is 2.45. The van der Waals surface area contributed by atoms with Gasteiger partial charge >= 0.3 is 0 Å². The van der Waals surface area contributed by atoms with Gasteiger partial charge in [0.05, 0.1) is 10.1 Å². The van der Waals surface area contributed by atoms with Crippen molar-refractivity contribution in [3.05, 3.63) is 30.6 Å². The van der Waals surface area contributed by atoms with Crippen molar-refractivity contribution in [2.45, 2.75) is 71.3 Å². The van der Waals surface area contributed by atoms with Crippen LogP contribution in [0.2, 0.25) is 0 Å². The SMILES string of the molecule is CCCCCCCCCCC[n+]1ccccc1.CS(=O)(=O)[O-]. The van der Waals surface area contributed by atoms with Crippen molar-refractivity contribution in [1.82, 2.24) is 0 Å². The summed E-state index contributed by atoms with van der Waals surface area (Å²) >= 11 is 0. The molecular formula is C17H31NO3S. The molecule has 0 spiro atoms. The lowest BCUT2D eigenvalue weighted by molar-refractivity contribution is -0.697. The van der Waals surface area contributed by atoms with Gasteiger partial charge in [-0.25, -0.2) is 13.0 Å². The first-order valence-electron chi connectivity index (χ1n) is 8.28. The van der Waals surface area contributed by atoms with E-state index in [2.05, 4.69) is 42.1 Å². The number of hydrogen-bond acceptors (Lipinski definition) is 3. The van der Waals surface area contributed by atoms with E-state index in [1.807, 2.05) is 0 Å². The monoisotopic (exact) mass is 329 g/mol. The quantitative estimate of drug-likeness (QED) is 0.374. The highest BCUT2D eigenvalue weighted by Gasteiger charge is 1.97. The molecule has 4 nitrogen and oxygen atoms in total. The predicted molar refractivity (Wildman–Crippen MR) is 89.5 cm³/mol. The Labute approximate surface area is 136 Å². The van der Waals surface area contributed by atoms with Gasteiger partial charge in [0, 0.05) is 24.8 Å². The Morgan fingerprint density at radius 2 is 1.23 bits per heavy atom. The number of unbranched alkanes of at least 4 members (excludes halogenated alkanes) is 8. The Bertz CT molecular complexity index is 438. The predicted octanol–water partition coefficient (Wildman–Crippen LogP) is 3.67. The van der Waals surface area contributed by atoms with Crippen molar-refractivity contribution in [2.75, 3.05) is 6.26 Å². The van der Waals surface area contributed by atoms with Gasteiger partial charge in [-0.15, -0.1) is 0 Å². The molecule has 0 fully saturated rings. The molecule has 128 valence electrons. The summed E-state index contributed by atoms with van der Waals surface area (Å²) in [7, 11) is -3.92. The van der Waals surface area contributed by atoms with Gasteiger partial charge in [0.2, 0.25) is 0 Å². The number of nitrogens with zero attached hydrogens (tertiary/aromatic N) is 1. The van der Waals surface area contributed by atoms with E-state index in [4.69, 9.17) is 13.0 Å². The first kappa shape index (κ1) is 21.1. The fraction of sp³-hybridized carbons (Fsp3) is 0.706. The van der Waals surface area contributed by atoms with Gasteiger partial charge in [0.25, 0.3) is 0 Å². The molecule has 1 aromatic heterocycles. The van der Waals surface area contributed by atoms with Crippen molar-refractivity contribution in [1.29, 1.82) is 0 Å². The van der Waals surface area contributed by atoms with Crippen LogP contribution in [-0.2, 0) is 16.7 Å². The van der Waals surface area contributed by atoms with Crippen LogP contribution in [0.4, 0.5) is 0 Å². The zero-order valence-corrected chi connectivity index (χ0v) is 14.9. The maximum Gasteiger partial charge on any atom is 0.168 e. The fourth-order valence-corrected chi connectivity index (χ4v) is 2.19. The summed E-state index contributed by atoms with van der Waals surface area (Å²) in [6, 6.07) is 6.29. The third-order valence-corrected chi connectivity index (χ3v) is 3.30. The minimum atomic E-state index is -3.92. The van der Waals surface area contributed by atoms with Crippen molar-refractivity contribution in [3.63, 3.8) is 0 Å². The number of rotatable bonds is 10. The van der Waals surface area contributed by atoms with E-state index >= 15 is 0 Å². The first-order valence-corrected chi connectivity index (χ1v) is 10.1. The fourth-order valence-electron chi connectivity index (χ4n) is 2.19. The molecule has 1 rings (SSSR count). The van der Waals surface area contributed by atoms with Crippen LogP contribution in [0.25, 0.3) is 0 Å². The number of hydrogen-bond donors (Lipinski definition) is 0. The molecule has 0 aliphatic carbocycles. The van der Waals surface area contributed by atoms with Crippen molar-refractivity contribution < 1.29 is 17.5 Å². The molecule has 22 heavy (non-hydrogen) atoms. The highest BCUT2D eigenvalue weighted by Crippen LogP contribution is 2.09. The smallest absolute Gasteiger partial charge is 0.168 e. The molecule has 0 N–H and O–H groups in total. The summed E-state index contributed by atoms with van der Waals surface area (Å²) < 4.78 is 29.5. The van der Waals surface area contributed by atoms with E-state index < -0.39 is 10.1 Å². The highest BCUT2D eigenvalue weighted by atomic mass is 32.2. The molecule has 0 aliphatic heterocycles. The van der Waals surface area contributed by atoms with Crippen LogP contribution in [0.1, 0.15) is 64.7 Å². The van der Waals surface area contributed by atoms with Gasteiger partial charge in [-0.1, -0.05) is 57.9 Å². The maximum absolute atomic E-state index is 9.08.